The molecule has 0 bridgehead atoms. The van der Waals surface area contributed by atoms with Crippen LogP contribution in [0.4, 0.5) is 0 Å². The number of benzene rings is 2. The summed E-state index contributed by atoms with van der Waals surface area (Å²) in [6, 6.07) is 13.5. The lowest BCUT2D eigenvalue weighted by Crippen LogP contribution is -1.79. The molecule has 84 valence electrons. The molecule has 1 N–H and O–H groups in total. The Morgan fingerprint density at radius 2 is 1.76 bits per heavy atom. The van der Waals surface area contributed by atoms with Crippen molar-refractivity contribution in [3.05, 3.63) is 52.5 Å². The first-order chi connectivity index (χ1) is 8.25. The van der Waals surface area contributed by atoms with Crippen LogP contribution in [0.1, 0.15) is 0 Å². The normalized spacial score (nSPS) is 10.9. The van der Waals surface area contributed by atoms with Gasteiger partial charge in [0.1, 0.15) is 0 Å². The van der Waals surface area contributed by atoms with E-state index in [-0.39, 0.29) is 0 Å². The number of aromatic amines is 1. The molecule has 1 aromatic heterocycles. The molecule has 17 heavy (non-hydrogen) atoms. The Labute approximate surface area is 108 Å². The van der Waals surface area contributed by atoms with E-state index >= 15 is 0 Å². The molecule has 0 aliphatic carbocycles. The van der Waals surface area contributed by atoms with Gasteiger partial charge in [0.05, 0.1) is 21.3 Å². The fourth-order valence-electron chi connectivity index (χ4n) is 1.83. The number of H-pyrrole nitrogens is 1. The van der Waals surface area contributed by atoms with Gasteiger partial charge in [0, 0.05) is 10.9 Å². The second-order valence-electron chi connectivity index (χ2n) is 3.75. The highest BCUT2D eigenvalue weighted by molar-refractivity contribution is 6.42. The molecule has 0 saturated heterocycles. The van der Waals surface area contributed by atoms with E-state index in [4.69, 9.17) is 23.2 Å². The van der Waals surface area contributed by atoms with Gasteiger partial charge in [-0.25, -0.2) is 0 Å². The van der Waals surface area contributed by atoms with Crippen LogP contribution in [0.3, 0.4) is 0 Å². The zero-order chi connectivity index (χ0) is 11.8. The number of nitrogens with one attached hydrogen (secondary N) is 1. The Balaban J connectivity index is 2.24. The van der Waals surface area contributed by atoms with Gasteiger partial charge >= 0.3 is 0 Å². The average Bonchev–Trinajstić information content (AvgIpc) is 2.76. The standard InChI is InChI=1S/C13H8Cl2N2/c14-10-6-5-8(7-11(10)15)13-9-3-1-2-4-12(9)16-17-13/h1-7H,(H,16,17). The van der Waals surface area contributed by atoms with E-state index in [1.54, 1.807) is 6.07 Å². The van der Waals surface area contributed by atoms with Gasteiger partial charge in [-0.2, -0.15) is 5.10 Å². The van der Waals surface area contributed by atoms with Crippen LogP contribution in [0.2, 0.25) is 10.0 Å². The predicted molar refractivity (Wildman–Crippen MR) is 71.5 cm³/mol. The van der Waals surface area contributed by atoms with Crippen molar-refractivity contribution in [1.82, 2.24) is 10.2 Å². The van der Waals surface area contributed by atoms with Crippen molar-refractivity contribution in [1.29, 1.82) is 0 Å². The van der Waals surface area contributed by atoms with Gasteiger partial charge < -0.3 is 0 Å². The Morgan fingerprint density at radius 3 is 2.59 bits per heavy atom. The minimum absolute atomic E-state index is 0.538. The van der Waals surface area contributed by atoms with Crippen LogP contribution >= 0.6 is 23.2 Å². The molecule has 1 heterocycles. The third-order valence-corrected chi connectivity index (χ3v) is 3.40. The topological polar surface area (TPSA) is 28.7 Å². The molecule has 0 atom stereocenters. The molecule has 3 rings (SSSR count). The fraction of sp³-hybridized carbons (Fsp3) is 0. The number of para-hydroxylation sites is 1. The SMILES string of the molecule is Clc1ccc(-c2n[nH]c3ccccc23)cc1Cl. The second-order valence-corrected chi connectivity index (χ2v) is 4.56. The van der Waals surface area contributed by atoms with Gasteiger partial charge in [0.25, 0.3) is 0 Å². The largest absolute Gasteiger partial charge is 0.277 e. The minimum atomic E-state index is 0.538. The van der Waals surface area contributed by atoms with Crippen molar-refractivity contribution in [3.63, 3.8) is 0 Å². The highest BCUT2D eigenvalue weighted by atomic mass is 35.5. The third-order valence-electron chi connectivity index (χ3n) is 2.66. The Morgan fingerprint density at radius 1 is 0.941 bits per heavy atom. The number of hydrogen-bond acceptors (Lipinski definition) is 1. The summed E-state index contributed by atoms with van der Waals surface area (Å²) in [5, 5.41) is 9.47. The minimum Gasteiger partial charge on any atom is -0.277 e. The second kappa shape index (κ2) is 4.06. The van der Waals surface area contributed by atoms with E-state index in [2.05, 4.69) is 10.2 Å². The molecule has 0 radical (unpaired) electrons. The van der Waals surface area contributed by atoms with E-state index in [0.29, 0.717) is 10.0 Å². The summed E-state index contributed by atoms with van der Waals surface area (Å²) >= 11 is 11.9. The Hall–Kier alpha value is -1.51. The molecule has 0 aliphatic rings. The van der Waals surface area contributed by atoms with E-state index < -0.39 is 0 Å². The molecule has 3 aromatic rings. The zero-order valence-electron chi connectivity index (χ0n) is 8.74. The summed E-state index contributed by atoms with van der Waals surface area (Å²) < 4.78 is 0. The molecular formula is C13H8Cl2N2. The summed E-state index contributed by atoms with van der Waals surface area (Å²) in [7, 11) is 0. The molecular weight excluding hydrogens is 255 g/mol. The lowest BCUT2D eigenvalue weighted by atomic mass is 10.1. The first kappa shape index (κ1) is 10.6. The van der Waals surface area contributed by atoms with E-state index in [9.17, 15) is 0 Å². The average molecular weight is 263 g/mol. The van der Waals surface area contributed by atoms with Gasteiger partial charge in [-0.15, -0.1) is 0 Å². The van der Waals surface area contributed by atoms with Crippen LogP contribution in [0.5, 0.6) is 0 Å². The highest BCUT2D eigenvalue weighted by Crippen LogP contribution is 2.31. The highest BCUT2D eigenvalue weighted by Gasteiger charge is 2.08. The molecule has 0 unspecified atom stereocenters. The van der Waals surface area contributed by atoms with Gasteiger partial charge in [-0.05, 0) is 18.2 Å². The first-order valence-corrected chi connectivity index (χ1v) is 5.90. The van der Waals surface area contributed by atoms with Crippen LogP contribution < -0.4 is 0 Å². The summed E-state index contributed by atoms with van der Waals surface area (Å²) in [6.45, 7) is 0. The fourth-order valence-corrected chi connectivity index (χ4v) is 2.13. The van der Waals surface area contributed by atoms with Crippen molar-refractivity contribution >= 4 is 34.1 Å². The number of hydrogen-bond donors (Lipinski definition) is 1. The number of rotatable bonds is 1. The summed E-state index contributed by atoms with van der Waals surface area (Å²) in [4.78, 5) is 0. The zero-order valence-corrected chi connectivity index (χ0v) is 10.3. The maximum Gasteiger partial charge on any atom is 0.0999 e. The number of aromatic nitrogens is 2. The predicted octanol–water partition coefficient (Wildman–Crippen LogP) is 4.54. The maximum absolute atomic E-state index is 6.01. The van der Waals surface area contributed by atoms with Crippen molar-refractivity contribution in [3.8, 4) is 11.3 Å². The van der Waals surface area contributed by atoms with E-state index in [1.165, 1.54) is 0 Å². The molecule has 0 amide bonds. The van der Waals surface area contributed by atoms with Gasteiger partial charge in [-0.3, -0.25) is 5.10 Å². The van der Waals surface area contributed by atoms with Crippen molar-refractivity contribution in [2.24, 2.45) is 0 Å². The molecule has 0 spiro atoms. The smallest absolute Gasteiger partial charge is 0.0999 e. The summed E-state index contributed by atoms with van der Waals surface area (Å²) in [5.41, 5.74) is 2.85. The van der Waals surface area contributed by atoms with E-state index in [1.807, 2.05) is 36.4 Å². The van der Waals surface area contributed by atoms with Gasteiger partial charge in [-0.1, -0.05) is 47.5 Å². The van der Waals surface area contributed by atoms with E-state index in [0.717, 1.165) is 22.2 Å². The van der Waals surface area contributed by atoms with Crippen LogP contribution in [-0.4, -0.2) is 10.2 Å². The maximum atomic E-state index is 6.01. The van der Waals surface area contributed by atoms with Crippen LogP contribution in [0.15, 0.2) is 42.5 Å². The molecule has 0 aliphatic heterocycles. The van der Waals surface area contributed by atoms with Crippen LogP contribution in [0, 0.1) is 0 Å². The molecule has 2 aromatic carbocycles. The number of nitrogens with zero attached hydrogens (tertiary/aromatic N) is 1. The lowest BCUT2D eigenvalue weighted by Gasteiger charge is -2.00. The Kier molecular flexibility index (Phi) is 2.54. The number of halogens is 2. The first-order valence-electron chi connectivity index (χ1n) is 5.14. The van der Waals surface area contributed by atoms with Gasteiger partial charge in [0.15, 0.2) is 0 Å². The monoisotopic (exact) mass is 262 g/mol. The molecule has 0 fully saturated rings. The molecule has 2 nitrogen and oxygen atoms in total. The summed E-state index contributed by atoms with van der Waals surface area (Å²) in [5.74, 6) is 0. The number of fused-ring (bicyclic) bond motifs is 1. The van der Waals surface area contributed by atoms with Crippen molar-refractivity contribution in [2.45, 2.75) is 0 Å². The quantitative estimate of drug-likeness (QED) is 0.686. The van der Waals surface area contributed by atoms with Gasteiger partial charge in [0.2, 0.25) is 0 Å². The van der Waals surface area contributed by atoms with Crippen molar-refractivity contribution in [2.75, 3.05) is 0 Å². The van der Waals surface area contributed by atoms with Crippen LogP contribution in [0.25, 0.3) is 22.2 Å². The summed E-state index contributed by atoms with van der Waals surface area (Å²) in [6.07, 6.45) is 0. The lowest BCUT2D eigenvalue weighted by molar-refractivity contribution is 1.12. The Bertz CT molecular complexity index is 689. The molecule has 4 heteroatoms. The van der Waals surface area contributed by atoms with Crippen LogP contribution in [-0.2, 0) is 0 Å². The van der Waals surface area contributed by atoms with Crippen molar-refractivity contribution < 1.29 is 0 Å². The molecule has 0 saturated carbocycles. The third kappa shape index (κ3) is 1.79.